The highest BCUT2D eigenvalue weighted by Gasteiger charge is 2.26. The van der Waals surface area contributed by atoms with Gasteiger partial charge in [0.05, 0.1) is 24.4 Å². The molecule has 0 radical (unpaired) electrons. The third-order valence-corrected chi connectivity index (χ3v) is 7.24. The molecule has 2 aliphatic heterocycles. The van der Waals surface area contributed by atoms with E-state index in [2.05, 4.69) is 15.3 Å². The number of amides is 3. The Morgan fingerprint density at radius 3 is 2.55 bits per heavy atom. The van der Waals surface area contributed by atoms with E-state index >= 15 is 0 Å². The van der Waals surface area contributed by atoms with Crippen LogP contribution in [0.5, 0.6) is 11.5 Å². The number of nitrogens with zero attached hydrogens (tertiary/aromatic N) is 4. The predicted molar refractivity (Wildman–Crippen MR) is 146 cm³/mol. The van der Waals surface area contributed by atoms with E-state index in [1.54, 1.807) is 6.33 Å². The van der Waals surface area contributed by atoms with Crippen molar-refractivity contribution in [3.8, 4) is 11.5 Å². The van der Waals surface area contributed by atoms with Gasteiger partial charge < -0.3 is 24.6 Å². The maximum Gasteiger partial charge on any atom is 0.321 e. The third-order valence-electron chi connectivity index (χ3n) is 7.24. The van der Waals surface area contributed by atoms with Crippen LogP contribution in [0, 0.1) is 0 Å². The van der Waals surface area contributed by atoms with Gasteiger partial charge in [0, 0.05) is 49.6 Å². The van der Waals surface area contributed by atoms with Crippen molar-refractivity contribution in [1.82, 2.24) is 19.8 Å². The highest BCUT2D eigenvalue weighted by Crippen LogP contribution is 2.33. The van der Waals surface area contributed by atoms with Crippen molar-refractivity contribution in [1.29, 1.82) is 0 Å². The van der Waals surface area contributed by atoms with Crippen LogP contribution in [0.4, 0.5) is 10.5 Å². The molecule has 2 saturated heterocycles. The molecule has 3 aromatic rings. The van der Waals surface area contributed by atoms with Crippen molar-refractivity contribution in [2.75, 3.05) is 44.7 Å². The summed E-state index contributed by atoms with van der Waals surface area (Å²) >= 11 is 0. The highest BCUT2D eigenvalue weighted by atomic mass is 16.5. The molecule has 200 valence electrons. The molecule has 1 aromatic heterocycles. The molecule has 1 N–H and O–H groups in total. The number of carbonyl (C=O) groups is 2. The van der Waals surface area contributed by atoms with Crippen molar-refractivity contribution in [3.05, 3.63) is 54.5 Å². The lowest BCUT2D eigenvalue weighted by Gasteiger charge is -2.32. The van der Waals surface area contributed by atoms with Crippen molar-refractivity contribution >= 4 is 28.5 Å². The number of carbonyl (C=O) groups excluding carboxylic acids is 2. The van der Waals surface area contributed by atoms with Crippen LogP contribution < -0.4 is 14.8 Å². The lowest BCUT2D eigenvalue weighted by atomic mass is 9.91. The molecule has 3 amide bonds. The first-order valence-corrected chi connectivity index (χ1v) is 13.5. The molecule has 5 rings (SSSR count). The summed E-state index contributed by atoms with van der Waals surface area (Å²) in [4.78, 5) is 37.5. The number of nitrogens with one attached hydrogen (secondary N) is 1. The van der Waals surface area contributed by atoms with E-state index < -0.39 is 0 Å². The topological polar surface area (TPSA) is 96.9 Å². The van der Waals surface area contributed by atoms with Gasteiger partial charge in [-0.05, 0) is 75.1 Å². The van der Waals surface area contributed by atoms with Gasteiger partial charge >= 0.3 is 6.03 Å². The fraction of sp³-hybridized carbons (Fsp3) is 0.448. The largest absolute Gasteiger partial charge is 0.494 e. The number of hydrogen-bond acceptors (Lipinski definition) is 6. The number of rotatable bonds is 9. The molecule has 2 aliphatic rings. The van der Waals surface area contributed by atoms with Crippen molar-refractivity contribution in [2.45, 2.75) is 44.9 Å². The van der Waals surface area contributed by atoms with Gasteiger partial charge in [-0.2, -0.15) is 0 Å². The Morgan fingerprint density at radius 2 is 1.82 bits per heavy atom. The van der Waals surface area contributed by atoms with Crippen LogP contribution in [-0.2, 0) is 4.79 Å². The standard InChI is InChI=1S/C29H35N5O4/c1-2-37-23-8-6-22(7-9-23)32-29(36)34-16-12-21(13-17-34)28-25-19-24(10-11-26(25)30-20-31-28)38-18-4-15-33-14-3-5-27(33)35/h6-11,19-21H,2-5,12-18H2,1H3,(H,32,36). The number of likely N-dealkylation sites (tertiary alicyclic amines) is 2. The number of urea groups is 1. The van der Waals surface area contributed by atoms with Crippen molar-refractivity contribution in [3.63, 3.8) is 0 Å². The summed E-state index contributed by atoms with van der Waals surface area (Å²) in [5.41, 5.74) is 2.65. The Morgan fingerprint density at radius 1 is 1.03 bits per heavy atom. The minimum absolute atomic E-state index is 0.0912. The van der Waals surface area contributed by atoms with Crippen molar-refractivity contribution in [2.24, 2.45) is 0 Å². The second-order valence-electron chi connectivity index (χ2n) is 9.77. The lowest BCUT2D eigenvalue weighted by Crippen LogP contribution is -2.40. The average Bonchev–Trinajstić information content (AvgIpc) is 3.36. The van der Waals surface area contributed by atoms with Crippen LogP contribution in [0.2, 0.25) is 0 Å². The number of ether oxygens (including phenoxy) is 2. The number of piperidine rings is 1. The summed E-state index contributed by atoms with van der Waals surface area (Å²) in [6, 6.07) is 13.3. The summed E-state index contributed by atoms with van der Waals surface area (Å²) in [6.07, 6.45) is 5.71. The molecule has 0 aliphatic carbocycles. The predicted octanol–water partition coefficient (Wildman–Crippen LogP) is 4.83. The van der Waals surface area contributed by atoms with Crippen molar-refractivity contribution < 1.29 is 19.1 Å². The zero-order chi connectivity index (χ0) is 26.3. The molecule has 0 spiro atoms. The normalized spacial score (nSPS) is 16.2. The smallest absolute Gasteiger partial charge is 0.321 e. The number of fused-ring (bicyclic) bond motifs is 1. The Labute approximate surface area is 223 Å². The van der Waals surface area contributed by atoms with E-state index in [4.69, 9.17) is 9.47 Å². The summed E-state index contributed by atoms with van der Waals surface area (Å²) < 4.78 is 11.5. The van der Waals surface area contributed by atoms with Gasteiger partial charge in [0.25, 0.3) is 0 Å². The number of hydrogen-bond donors (Lipinski definition) is 1. The van der Waals surface area contributed by atoms with Gasteiger partial charge in [-0.25, -0.2) is 14.8 Å². The fourth-order valence-corrected chi connectivity index (χ4v) is 5.22. The maximum absolute atomic E-state index is 12.8. The molecule has 9 heteroatoms. The number of benzene rings is 2. The molecule has 2 fully saturated rings. The van der Waals surface area contributed by atoms with E-state index in [1.807, 2.05) is 59.2 Å². The fourth-order valence-electron chi connectivity index (χ4n) is 5.22. The molecule has 0 bridgehead atoms. The zero-order valence-corrected chi connectivity index (χ0v) is 21.9. The highest BCUT2D eigenvalue weighted by molar-refractivity contribution is 5.89. The maximum atomic E-state index is 12.8. The van der Waals surface area contributed by atoms with E-state index in [9.17, 15) is 9.59 Å². The van der Waals surface area contributed by atoms with Crippen LogP contribution >= 0.6 is 0 Å². The minimum atomic E-state index is -0.0912. The Bertz CT molecular complexity index is 1260. The van der Waals surface area contributed by atoms with Crippen LogP contribution in [-0.4, -0.2) is 71.1 Å². The van der Waals surface area contributed by atoms with Crippen LogP contribution in [0.3, 0.4) is 0 Å². The van der Waals surface area contributed by atoms with Gasteiger partial charge in [-0.3, -0.25) is 4.79 Å². The third kappa shape index (κ3) is 6.15. The number of aromatic nitrogens is 2. The zero-order valence-electron chi connectivity index (χ0n) is 21.9. The van der Waals surface area contributed by atoms with Crippen LogP contribution in [0.1, 0.15) is 50.6 Å². The Hall–Kier alpha value is -3.88. The molecule has 38 heavy (non-hydrogen) atoms. The SMILES string of the molecule is CCOc1ccc(NC(=O)N2CCC(c3ncnc4ccc(OCCCN5CCCC5=O)cc34)CC2)cc1. The molecular weight excluding hydrogens is 482 g/mol. The molecule has 3 heterocycles. The summed E-state index contributed by atoms with van der Waals surface area (Å²) in [6.45, 7) is 6.02. The van der Waals surface area contributed by atoms with Gasteiger partial charge in [0.1, 0.15) is 17.8 Å². The average molecular weight is 518 g/mol. The molecule has 0 atom stereocenters. The van der Waals surface area contributed by atoms with Gasteiger partial charge in [0.2, 0.25) is 5.91 Å². The second kappa shape index (κ2) is 12.1. The minimum Gasteiger partial charge on any atom is -0.494 e. The first-order valence-electron chi connectivity index (χ1n) is 13.5. The van der Waals surface area contributed by atoms with Gasteiger partial charge in [0.15, 0.2) is 0 Å². The van der Waals surface area contributed by atoms with Crippen LogP contribution in [0.15, 0.2) is 48.8 Å². The molecule has 0 unspecified atom stereocenters. The summed E-state index contributed by atoms with van der Waals surface area (Å²) in [5.74, 6) is 2.06. The molecule has 9 nitrogen and oxygen atoms in total. The molecular formula is C29H35N5O4. The summed E-state index contributed by atoms with van der Waals surface area (Å²) in [7, 11) is 0. The van der Waals surface area contributed by atoms with E-state index in [1.165, 1.54) is 0 Å². The van der Waals surface area contributed by atoms with E-state index in [0.29, 0.717) is 32.7 Å². The molecule has 0 saturated carbocycles. The first kappa shape index (κ1) is 25.8. The van der Waals surface area contributed by atoms with E-state index in [0.717, 1.165) is 72.6 Å². The quantitative estimate of drug-likeness (QED) is 0.409. The second-order valence-corrected chi connectivity index (χ2v) is 9.77. The van der Waals surface area contributed by atoms with Gasteiger partial charge in [-0.1, -0.05) is 0 Å². The van der Waals surface area contributed by atoms with E-state index in [-0.39, 0.29) is 17.9 Å². The van der Waals surface area contributed by atoms with Crippen LogP contribution in [0.25, 0.3) is 10.9 Å². The monoisotopic (exact) mass is 517 g/mol. The first-order chi connectivity index (χ1) is 18.6. The van der Waals surface area contributed by atoms with Gasteiger partial charge in [-0.15, -0.1) is 0 Å². The number of anilines is 1. The Balaban J connectivity index is 1.16. The Kier molecular flexibility index (Phi) is 8.21. The molecule has 2 aromatic carbocycles. The summed E-state index contributed by atoms with van der Waals surface area (Å²) in [5, 5.41) is 3.98. The lowest BCUT2D eigenvalue weighted by molar-refractivity contribution is -0.127.